The van der Waals surface area contributed by atoms with Gasteiger partial charge in [0.25, 0.3) is 11.8 Å². The smallest absolute Gasteiger partial charge is 0.322 e. The van der Waals surface area contributed by atoms with Crippen molar-refractivity contribution in [2.45, 2.75) is 32.4 Å². The minimum atomic E-state index is -1.22. The van der Waals surface area contributed by atoms with Crippen LogP contribution in [0.15, 0.2) is 41.8 Å². The Morgan fingerprint density at radius 3 is 2.48 bits per heavy atom. The molecule has 0 bridgehead atoms. The Balaban J connectivity index is 1.76. The highest BCUT2D eigenvalue weighted by Gasteiger charge is 2.43. The number of urea groups is 1. The number of anilines is 1. The molecule has 2 atom stereocenters. The maximum Gasteiger partial charge on any atom is 0.322 e. The predicted molar refractivity (Wildman–Crippen MR) is 110 cm³/mol. The van der Waals surface area contributed by atoms with Crippen LogP contribution in [0.2, 0.25) is 0 Å². The van der Waals surface area contributed by atoms with E-state index in [4.69, 9.17) is 0 Å². The van der Waals surface area contributed by atoms with E-state index in [2.05, 4.69) is 21.3 Å². The summed E-state index contributed by atoms with van der Waals surface area (Å²) < 4.78 is 0. The third-order valence-electron chi connectivity index (χ3n) is 4.73. The molecule has 0 radical (unpaired) electrons. The van der Waals surface area contributed by atoms with Crippen molar-refractivity contribution in [2.24, 2.45) is 5.92 Å². The predicted octanol–water partition coefficient (Wildman–Crippen LogP) is 2.20. The lowest BCUT2D eigenvalue weighted by molar-refractivity contribution is -0.123. The summed E-state index contributed by atoms with van der Waals surface area (Å²) in [6, 6.07) is 8.84. The summed E-state index contributed by atoms with van der Waals surface area (Å²) in [5, 5.41) is 12.2. The van der Waals surface area contributed by atoms with E-state index in [1.54, 1.807) is 48.7 Å². The van der Waals surface area contributed by atoms with Crippen LogP contribution in [0, 0.1) is 5.92 Å². The van der Waals surface area contributed by atoms with Gasteiger partial charge in [0, 0.05) is 5.69 Å². The number of imide groups is 1. The number of benzene rings is 1. The minimum Gasteiger partial charge on any atom is -0.339 e. The van der Waals surface area contributed by atoms with Crippen LogP contribution >= 0.6 is 11.3 Å². The standard InChI is InChI=1S/C20H22N4O4S/c1-11(2)15(22-16(25)14-8-5-9-29-14)17(26)21-13-7-4-6-12(10-13)20(3)18(27)23-19(28)24-20/h4-11,15H,1-3H3,(H,21,26)(H,22,25)(H2,23,24,27,28)/t15-,20-/m0/s1. The molecule has 0 spiro atoms. The van der Waals surface area contributed by atoms with Gasteiger partial charge in [0.15, 0.2) is 0 Å². The number of thiophene rings is 1. The summed E-state index contributed by atoms with van der Waals surface area (Å²) in [4.78, 5) is 49.4. The minimum absolute atomic E-state index is 0.139. The fraction of sp³-hybridized carbons (Fsp3) is 0.300. The molecule has 0 aliphatic carbocycles. The van der Waals surface area contributed by atoms with E-state index < -0.39 is 23.5 Å². The van der Waals surface area contributed by atoms with Gasteiger partial charge in [-0.1, -0.05) is 32.0 Å². The average molecular weight is 414 g/mol. The number of carbonyl (C=O) groups is 4. The first-order chi connectivity index (χ1) is 13.7. The molecule has 1 fully saturated rings. The van der Waals surface area contributed by atoms with Crippen molar-refractivity contribution in [3.63, 3.8) is 0 Å². The first kappa shape index (κ1) is 20.5. The molecule has 1 aliphatic heterocycles. The molecule has 4 N–H and O–H groups in total. The molecule has 1 aliphatic rings. The number of nitrogens with one attached hydrogen (secondary N) is 4. The molecule has 152 valence electrons. The summed E-state index contributed by atoms with van der Waals surface area (Å²) in [5.41, 5.74) is -0.232. The van der Waals surface area contributed by atoms with E-state index in [9.17, 15) is 19.2 Å². The van der Waals surface area contributed by atoms with Gasteiger partial charge < -0.3 is 16.0 Å². The molecule has 1 aromatic carbocycles. The second-order valence-corrected chi connectivity index (χ2v) is 8.22. The topological polar surface area (TPSA) is 116 Å². The van der Waals surface area contributed by atoms with Gasteiger partial charge in [0.05, 0.1) is 4.88 Å². The molecule has 0 unspecified atom stereocenters. The first-order valence-electron chi connectivity index (χ1n) is 9.10. The second kappa shape index (κ2) is 8.04. The molecular formula is C20H22N4O4S. The third kappa shape index (κ3) is 4.29. The summed E-state index contributed by atoms with van der Waals surface area (Å²) in [7, 11) is 0. The van der Waals surface area contributed by atoms with Crippen molar-refractivity contribution in [3.8, 4) is 0 Å². The Hall–Kier alpha value is -3.20. The van der Waals surface area contributed by atoms with Crippen LogP contribution in [0.5, 0.6) is 0 Å². The van der Waals surface area contributed by atoms with E-state index in [1.807, 2.05) is 13.8 Å². The SMILES string of the molecule is CC(C)[C@H](NC(=O)c1cccs1)C(=O)Nc1cccc([C@]2(C)NC(=O)NC2=O)c1. The molecular weight excluding hydrogens is 392 g/mol. The summed E-state index contributed by atoms with van der Waals surface area (Å²) in [5.74, 6) is -1.28. The van der Waals surface area contributed by atoms with Crippen LogP contribution < -0.4 is 21.3 Å². The highest BCUT2D eigenvalue weighted by molar-refractivity contribution is 7.12. The first-order valence-corrected chi connectivity index (χ1v) is 9.98. The molecule has 2 heterocycles. The van der Waals surface area contributed by atoms with Crippen LogP contribution in [0.1, 0.15) is 36.0 Å². The Morgan fingerprint density at radius 2 is 1.90 bits per heavy atom. The third-order valence-corrected chi connectivity index (χ3v) is 5.60. The van der Waals surface area contributed by atoms with Crippen LogP contribution in [-0.4, -0.2) is 29.8 Å². The van der Waals surface area contributed by atoms with Gasteiger partial charge in [-0.25, -0.2) is 4.79 Å². The van der Waals surface area contributed by atoms with Crippen molar-refractivity contribution in [3.05, 3.63) is 52.2 Å². The molecule has 5 amide bonds. The highest BCUT2D eigenvalue weighted by atomic mass is 32.1. The van der Waals surface area contributed by atoms with E-state index in [0.717, 1.165) is 0 Å². The zero-order valence-corrected chi connectivity index (χ0v) is 17.1. The number of hydrogen-bond acceptors (Lipinski definition) is 5. The van der Waals surface area contributed by atoms with E-state index in [0.29, 0.717) is 16.1 Å². The molecule has 2 aromatic rings. The van der Waals surface area contributed by atoms with Crippen molar-refractivity contribution < 1.29 is 19.2 Å². The summed E-state index contributed by atoms with van der Waals surface area (Å²) in [6.45, 7) is 5.27. The quantitative estimate of drug-likeness (QED) is 0.542. The molecule has 1 aromatic heterocycles. The lowest BCUT2D eigenvalue weighted by atomic mass is 9.92. The fourth-order valence-corrected chi connectivity index (χ4v) is 3.66. The van der Waals surface area contributed by atoms with Gasteiger partial charge >= 0.3 is 6.03 Å². The molecule has 9 heteroatoms. The summed E-state index contributed by atoms with van der Waals surface area (Å²) in [6.07, 6.45) is 0. The highest BCUT2D eigenvalue weighted by Crippen LogP contribution is 2.26. The van der Waals surface area contributed by atoms with Crippen LogP contribution in [0.4, 0.5) is 10.5 Å². The number of carbonyl (C=O) groups excluding carboxylic acids is 4. The number of rotatable bonds is 6. The Morgan fingerprint density at radius 1 is 1.14 bits per heavy atom. The number of amides is 5. The van der Waals surface area contributed by atoms with Gasteiger partial charge in [0.1, 0.15) is 11.6 Å². The van der Waals surface area contributed by atoms with Gasteiger partial charge in [-0.3, -0.25) is 19.7 Å². The zero-order chi connectivity index (χ0) is 21.2. The van der Waals surface area contributed by atoms with Crippen LogP contribution in [0.25, 0.3) is 0 Å². The Kier molecular flexibility index (Phi) is 5.69. The monoisotopic (exact) mass is 414 g/mol. The van der Waals surface area contributed by atoms with E-state index in [-0.39, 0.29) is 17.7 Å². The van der Waals surface area contributed by atoms with Gasteiger partial charge in [-0.05, 0) is 42.0 Å². The lowest BCUT2D eigenvalue weighted by Crippen LogP contribution is -2.47. The maximum atomic E-state index is 12.8. The average Bonchev–Trinajstić information content (AvgIpc) is 3.28. The molecule has 8 nitrogen and oxygen atoms in total. The normalized spacial score (nSPS) is 19.4. The lowest BCUT2D eigenvalue weighted by Gasteiger charge is -2.23. The molecule has 0 saturated carbocycles. The van der Waals surface area contributed by atoms with E-state index >= 15 is 0 Å². The summed E-state index contributed by atoms with van der Waals surface area (Å²) >= 11 is 1.30. The largest absolute Gasteiger partial charge is 0.339 e. The van der Waals surface area contributed by atoms with E-state index in [1.165, 1.54) is 11.3 Å². The van der Waals surface area contributed by atoms with Crippen molar-refractivity contribution >= 4 is 40.8 Å². The zero-order valence-electron chi connectivity index (χ0n) is 16.2. The second-order valence-electron chi connectivity index (χ2n) is 7.28. The van der Waals surface area contributed by atoms with Crippen molar-refractivity contribution in [2.75, 3.05) is 5.32 Å². The molecule has 1 saturated heterocycles. The molecule has 3 rings (SSSR count). The van der Waals surface area contributed by atoms with Gasteiger partial charge in [-0.15, -0.1) is 11.3 Å². The Bertz CT molecular complexity index is 957. The van der Waals surface area contributed by atoms with Crippen molar-refractivity contribution in [1.29, 1.82) is 0 Å². The maximum absolute atomic E-state index is 12.8. The van der Waals surface area contributed by atoms with Gasteiger partial charge in [-0.2, -0.15) is 0 Å². The number of hydrogen-bond donors (Lipinski definition) is 4. The fourth-order valence-electron chi connectivity index (χ4n) is 3.03. The van der Waals surface area contributed by atoms with Crippen LogP contribution in [0.3, 0.4) is 0 Å². The van der Waals surface area contributed by atoms with Crippen molar-refractivity contribution in [1.82, 2.24) is 16.0 Å². The van der Waals surface area contributed by atoms with Crippen LogP contribution in [-0.2, 0) is 15.1 Å². The van der Waals surface area contributed by atoms with Gasteiger partial charge in [0.2, 0.25) is 5.91 Å². The Labute approximate surface area is 172 Å². The molecule has 29 heavy (non-hydrogen) atoms.